The molecule has 3 heteroatoms. The molecule has 0 aromatic rings. The fourth-order valence-corrected chi connectivity index (χ4v) is 2.22. The molecule has 0 amide bonds. The standard InChI is InChI=1S/C10H21N3/c1-10-7-13(8-10)9-12-5-3-11(2)4-6-12/h10H,3-9H2,1-2H3. The Bertz CT molecular complexity index is 158. The Hall–Kier alpha value is -0.120. The van der Waals surface area contributed by atoms with Crippen LogP contribution >= 0.6 is 0 Å². The highest BCUT2D eigenvalue weighted by Crippen LogP contribution is 2.14. The third-order valence-corrected chi connectivity index (χ3v) is 3.14. The van der Waals surface area contributed by atoms with Crippen LogP contribution in [0.4, 0.5) is 0 Å². The summed E-state index contributed by atoms with van der Waals surface area (Å²) in [7, 11) is 2.21. The van der Waals surface area contributed by atoms with E-state index in [1.807, 2.05) is 0 Å². The van der Waals surface area contributed by atoms with Gasteiger partial charge in [-0.3, -0.25) is 9.80 Å². The van der Waals surface area contributed by atoms with Gasteiger partial charge in [-0.05, 0) is 13.0 Å². The fourth-order valence-electron chi connectivity index (χ4n) is 2.22. The van der Waals surface area contributed by atoms with Crippen molar-refractivity contribution in [1.29, 1.82) is 0 Å². The van der Waals surface area contributed by atoms with E-state index in [2.05, 4.69) is 28.7 Å². The Morgan fingerprint density at radius 2 is 1.62 bits per heavy atom. The van der Waals surface area contributed by atoms with Crippen molar-refractivity contribution in [2.75, 3.05) is 53.0 Å². The Balaban J connectivity index is 1.65. The fraction of sp³-hybridized carbons (Fsp3) is 1.00. The topological polar surface area (TPSA) is 9.72 Å². The quantitative estimate of drug-likeness (QED) is 0.603. The van der Waals surface area contributed by atoms with Crippen LogP contribution < -0.4 is 0 Å². The van der Waals surface area contributed by atoms with Crippen molar-refractivity contribution in [3.05, 3.63) is 0 Å². The van der Waals surface area contributed by atoms with Gasteiger partial charge in [-0.1, -0.05) is 6.92 Å². The van der Waals surface area contributed by atoms with Crippen molar-refractivity contribution in [3.8, 4) is 0 Å². The van der Waals surface area contributed by atoms with Crippen molar-refractivity contribution in [1.82, 2.24) is 14.7 Å². The SMILES string of the molecule is CC1CN(CN2CCN(C)CC2)C1. The van der Waals surface area contributed by atoms with E-state index in [-0.39, 0.29) is 0 Å². The van der Waals surface area contributed by atoms with Crippen LogP contribution in [0.15, 0.2) is 0 Å². The van der Waals surface area contributed by atoms with Crippen molar-refractivity contribution in [3.63, 3.8) is 0 Å². The monoisotopic (exact) mass is 183 g/mol. The predicted octanol–water partition coefficient (Wildman–Crippen LogP) is 0.143. The Kier molecular flexibility index (Phi) is 2.86. The molecule has 13 heavy (non-hydrogen) atoms. The molecule has 0 bridgehead atoms. The number of piperazine rings is 1. The average molecular weight is 183 g/mol. The van der Waals surface area contributed by atoms with Crippen LogP contribution in [0.25, 0.3) is 0 Å². The second kappa shape index (κ2) is 3.95. The number of likely N-dealkylation sites (N-methyl/N-ethyl adjacent to an activating group) is 1. The van der Waals surface area contributed by atoms with Gasteiger partial charge >= 0.3 is 0 Å². The molecule has 0 saturated carbocycles. The van der Waals surface area contributed by atoms with E-state index in [0.717, 1.165) is 5.92 Å². The average Bonchev–Trinajstić information content (AvgIpc) is 2.06. The first kappa shape index (κ1) is 9.44. The molecule has 2 aliphatic rings. The maximum absolute atomic E-state index is 2.58. The summed E-state index contributed by atoms with van der Waals surface area (Å²) in [5, 5.41) is 0. The molecule has 0 spiro atoms. The van der Waals surface area contributed by atoms with Crippen LogP contribution in [0.3, 0.4) is 0 Å². The van der Waals surface area contributed by atoms with Crippen molar-refractivity contribution < 1.29 is 0 Å². The van der Waals surface area contributed by atoms with Gasteiger partial charge < -0.3 is 4.90 Å². The molecule has 0 aromatic heterocycles. The van der Waals surface area contributed by atoms with Gasteiger partial charge in [-0.2, -0.15) is 0 Å². The number of likely N-dealkylation sites (tertiary alicyclic amines) is 1. The van der Waals surface area contributed by atoms with E-state index < -0.39 is 0 Å². The van der Waals surface area contributed by atoms with Crippen LogP contribution in [-0.2, 0) is 0 Å². The van der Waals surface area contributed by atoms with Gasteiger partial charge in [-0.15, -0.1) is 0 Å². The summed E-state index contributed by atoms with van der Waals surface area (Å²) in [4.78, 5) is 7.54. The van der Waals surface area contributed by atoms with Gasteiger partial charge in [0.1, 0.15) is 0 Å². The first-order chi connectivity index (χ1) is 6.24. The van der Waals surface area contributed by atoms with Crippen molar-refractivity contribution >= 4 is 0 Å². The number of rotatable bonds is 2. The summed E-state index contributed by atoms with van der Waals surface area (Å²) in [6, 6.07) is 0. The Labute approximate surface area is 81.3 Å². The zero-order chi connectivity index (χ0) is 9.26. The summed E-state index contributed by atoms with van der Waals surface area (Å²) >= 11 is 0. The lowest BCUT2D eigenvalue weighted by Crippen LogP contribution is -2.54. The third-order valence-electron chi connectivity index (χ3n) is 3.14. The first-order valence-electron chi connectivity index (χ1n) is 5.37. The molecule has 2 rings (SSSR count). The van der Waals surface area contributed by atoms with Gasteiger partial charge in [0.15, 0.2) is 0 Å². The molecule has 0 radical (unpaired) electrons. The third kappa shape index (κ3) is 2.42. The van der Waals surface area contributed by atoms with Gasteiger partial charge in [0.25, 0.3) is 0 Å². The second-order valence-electron chi connectivity index (χ2n) is 4.70. The first-order valence-corrected chi connectivity index (χ1v) is 5.37. The largest absolute Gasteiger partial charge is 0.304 e. The van der Waals surface area contributed by atoms with E-state index in [4.69, 9.17) is 0 Å². The molecule has 2 heterocycles. The molecule has 0 N–H and O–H groups in total. The molecule has 76 valence electrons. The van der Waals surface area contributed by atoms with E-state index in [1.54, 1.807) is 0 Å². The molecule has 2 fully saturated rings. The van der Waals surface area contributed by atoms with E-state index in [9.17, 15) is 0 Å². The van der Waals surface area contributed by atoms with Crippen LogP contribution in [0, 0.1) is 5.92 Å². The number of hydrogen-bond acceptors (Lipinski definition) is 3. The minimum atomic E-state index is 0.937. The zero-order valence-electron chi connectivity index (χ0n) is 8.87. The molecule has 2 aliphatic heterocycles. The highest BCUT2D eigenvalue weighted by atomic mass is 15.4. The summed E-state index contributed by atoms with van der Waals surface area (Å²) in [6.45, 7) is 11.1. The van der Waals surface area contributed by atoms with Crippen LogP contribution in [0.5, 0.6) is 0 Å². The molecule has 0 unspecified atom stereocenters. The van der Waals surface area contributed by atoms with E-state index >= 15 is 0 Å². The summed E-state index contributed by atoms with van der Waals surface area (Å²) in [5.74, 6) is 0.937. The van der Waals surface area contributed by atoms with E-state index in [0.29, 0.717) is 0 Å². The van der Waals surface area contributed by atoms with Gasteiger partial charge in [0.2, 0.25) is 0 Å². The highest BCUT2D eigenvalue weighted by Gasteiger charge is 2.24. The molecule has 0 aromatic carbocycles. The molecular weight excluding hydrogens is 162 g/mol. The lowest BCUT2D eigenvalue weighted by molar-refractivity contribution is 0.0227. The van der Waals surface area contributed by atoms with Gasteiger partial charge in [0.05, 0.1) is 6.67 Å². The summed E-state index contributed by atoms with van der Waals surface area (Å²) in [6.07, 6.45) is 0. The van der Waals surface area contributed by atoms with Crippen LogP contribution in [0.1, 0.15) is 6.92 Å². The molecule has 0 aliphatic carbocycles. The minimum Gasteiger partial charge on any atom is -0.304 e. The second-order valence-corrected chi connectivity index (χ2v) is 4.70. The summed E-state index contributed by atoms with van der Waals surface area (Å²) in [5.41, 5.74) is 0. The van der Waals surface area contributed by atoms with E-state index in [1.165, 1.54) is 45.9 Å². The smallest absolute Gasteiger partial charge is 0.0507 e. The lowest BCUT2D eigenvalue weighted by Gasteiger charge is -2.42. The van der Waals surface area contributed by atoms with Gasteiger partial charge in [0, 0.05) is 39.3 Å². The molecule has 2 saturated heterocycles. The maximum atomic E-state index is 2.58. The number of nitrogens with zero attached hydrogens (tertiary/aromatic N) is 3. The van der Waals surface area contributed by atoms with Crippen LogP contribution in [0.2, 0.25) is 0 Å². The molecule has 3 nitrogen and oxygen atoms in total. The van der Waals surface area contributed by atoms with Crippen LogP contribution in [-0.4, -0.2) is 67.7 Å². The van der Waals surface area contributed by atoms with Gasteiger partial charge in [-0.25, -0.2) is 0 Å². The van der Waals surface area contributed by atoms with Crippen molar-refractivity contribution in [2.24, 2.45) is 5.92 Å². The number of hydrogen-bond donors (Lipinski definition) is 0. The summed E-state index contributed by atoms with van der Waals surface area (Å²) < 4.78 is 0. The Morgan fingerprint density at radius 3 is 2.15 bits per heavy atom. The molecule has 0 atom stereocenters. The Morgan fingerprint density at radius 1 is 1.00 bits per heavy atom. The normalized spacial score (nSPS) is 29.1. The maximum Gasteiger partial charge on any atom is 0.0507 e. The predicted molar refractivity (Wildman–Crippen MR) is 54.7 cm³/mol. The highest BCUT2D eigenvalue weighted by molar-refractivity contribution is 4.77. The lowest BCUT2D eigenvalue weighted by atomic mass is 10.0. The molecular formula is C10H21N3. The van der Waals surface area contributed by atoms with Crippen molar-refractivity contribution in [2.45, 2.75) is 6.92 Å². The zero-order valence-corrected chi connectivity index (χ0v) is 8.87. The minimum absolute atomic E-state index is 0.937.